The molecule has 5 nitrogen and oxygen atoms in total. The molecule has 0 radical (unpaired) electrons. The fourth-order valence-corrected chi connectivity index (χ4v) is 7.98. The summed E-state index contributed by atoms with van der Waals surface area (Å²) in [5.74, 6) is 0.609. The summed E-state index contributed by atoms with van der Waals surface area (Å²) in [5.41, 5.74) is 13.5. The van der Waals surface area contributed by atoms with Crippen LogP contribution in [0.3, 0.4) is 0 Å². The fraction of sp³-hybridized carbons (Fsp3) is 0.0714. The maximum absolute atomic E-state index is 4.54. The van der Waals surface area contributed by atoms with Crippen molar-refractivity contribution in [3.05, 3.63) is 151 Å². The molecule has 3 heterocycles. The van der Waals surface area contributed by atoms with Crippen LogP contribution in [-0.4, -0.2) is 24.1 Å². The van der Waals surface area contributed by atoms with E-state index < -0.39 is 0 Å². The Labute approximate surface area is 271 Å². The normalized spacial score (nSPS) is 13.5. The smallest absolute Gasteiger partial charge is 0.237 e. The van der Waals surface area contributed by atoms with Gasteiger partial charge in [-0.05, 0) is 75.8 Å². The van der Waals surface area contributed by atoms with Crippen LogP contribution in [0.5, 0.6) is 0 Å². The Bertz CT molecular complexity index is 2700. The minimum atomic E-state index is 0.00546. The molecule has 1 aliphatic rings. The Kier molecular flexibility index (Phi) is 5.28. The van der Waals surface area contributed by atoms with Gasteiger partial charge in [0.25, 0.3) is 0 Å². The van der Waals surface area contributed by atoms with Crippen molar-refractivity contribution in [2.24, 2.45) is 0 Å². The van der Waals surface area contributed by atoms with Gasteiger partial charge in [-0.25, -0.2) is 15.0 Å². The van der Waals surface area contributed by atoms with Crippen molar-refractivity contribution in [1.82, 2.24) is 24.1 Å². The van der Waals surface area contributed by atoms with Crippen molar-refractivity contribution in [3.63, 3.8) is 0 Å². The number of para-hydroxylation sites is 2. The van der Waals surface area contributed by atoms with Gasteiger partial charge >= 0.3 is 0 Å². The highest BCUT2D eigenvalue weighted by Gasteiger charge is 2.35. The quantitative estimate of drug-likeness (QED) is 0.202. The standard InChI is InChI=1S/C42H29N5/c1-42(2)35-12-6-3-9-29(35)32-21-27(17-20-36(32)42)26-15-18-28(19-16-26)46-37-13-7-4-10-30(37)33-22-34-31-11-5-8-14-38(31)47(40(34)23-39(33)46)41-44-24-43-25-45-41/h3-25H,1-2H3. The summed E-state index contributed by atoms with van der Waals surface area (Å²) in [6.45, 7) is 4.66. The molecule has 0 fully saturated rings. The Morgan fingerprint density at radius 2 is 1.06 bits per heavy atom. The molecule has 47 heavy (non-hydrogen) atoms. The van der Waals surface area contributed by atoms with E-state index in [0.29, 0.717) is 5.95 Å². The molecule has 6 aromatic carbocycles. The third-order valence-corrected chi connectivity index (χ3v) is 10.2. The van der Waals surface area contributed by atoms with E-state index in [1.54, 1.807) is 12.7 Å². The Morgan fingerprint density at radius 1 is 0.468 bits per heavy atom. The molecule has 0 bridgehead atoms. The molecule has 9 aromatic rings. The first-order valence-electron chi connectivity index (χ1n) is 16.0. The van der Waals surface area contributed by atoms with Crippen LogP contribution < -0.4 is 0 Å². The summed E-state index contributed by atoms with van der Waals surface area (Å²) in [4.78, 5) is 13.1. The van der Waals surface area contributed by atoms with Crippen molar-refractivity contribution in [3.8, 4) is 33.9 Å². The average molecular weight is 604 g/mol. The highest BCUT2D eigenvalue weighted by Crippen LogP contribution is 2.49. The molecule has 10 rings (SSSR count). The predicted molar refractivity (Wildman–Crippen MR) is 192 cm³/mol. The van der Waals surface area contributed by atoms with Crippen LogP contribution in [0.2, 0.25) is 0 Å². The maximum Gasteiger partial charge on any atom is 0.237 e. The number of fused-ring (bicyclic) bond motifs is 9. The molecular weight excluding hydrogens is 574 g/mol. The fourth-order valence-electron chi connectivity index (χ4n) is 7.98. The van der Waals surface area contributed by atoms with Crippen LogP contribution in [0, 0.1) is 0 Å². The van der Waals surface area contributed by atoms with Gasteiger partial charge in [0, 0.05) is 32.6 Å². The third-order valence-electron chi connectivity index (χ3n) is 10.2. The summed E-state index contributed by atoms with van der Waals surface area (Å²) in [5, 5.41) is 4.79. The van der Waals surface area contributed by atoms with Crippen molar-refractivity contribution < 1.29 is 0 Å². The lowest BCUT2D eigenvalue weighted by atomic mass is 9.82. The summed E-state index contributed by atoms with van der Waals surface area (Å²) in [6.07, 6.45) is 3.11. The van der Waals surface area contributed by atoms with E-state index >= 15 is 0 Å². The van der Waals surface area contributed by atoms with Crippen molar-refractivity contribution in [2.45, 2.75) is 19.3 Å². The number of nitrogens with zero attached hydrogens (tertiary/aromatic N) is 5. The molecule has 0 spiro atoms. The van der Waals surface area contributed by atoms with E-state index in [1.807, 2.05) is 0 Å². The summed E-state index contributed by atoms with van der Waals surface area (Å²) in [6, 6.07) is 46.6. The van der Waals surface area contributed by atoms with Crippen molar-refractivity contribution in [1.29, 1.82) is 0 Å². The third kappa shape index (κ3) is 3.62. The van der Waals surface area contributed by atoms with Gasteiger partial charge in [-0.2, -0.15) is 0 Å². The van der Waals surface area contributed by atoms with Crippen LogP contribution in [-0.2, 0) is 5.41 Å². The van der Waals surface area contributed by atoms with Crippen LogP contribution in [0.1, 0.15) is 25.0 Å². The summed E-state index contributed by atoms with van der Waals surface area (Å²) in [7, 11) is 0. The minimum Gasteiger partial charge on any atom is -0.309 e. The number of benzene rings is 6. The van der Waals surface area contributed by atoms with E-state index in [2.05, 4.69) is 165 Å². The largest absolute Gasteiger partial charge is 0.309 e. The summed E-state index contributed by atoms with van der Waals surface area (Å²) >= 11 is 0. The monoisotopic (exact) mass is 603 g/mol. The zero-order valence-electron chi connectivity index (χ0n) is 26.0. The second-order valence-electron chi connectivity index (χ2n) is 13.0. The van der Waals surface area contributed by atoms with Gasteiger partial charge in [0.05, 0.1) is 22.1 Å². The molecule has 0 aliphatic heterocycles. The lowest BCUT2D eigenvalue weighted by Gasteiger charge is -2.21. The van der Waals surface area contributed by atoms with Gasteiger partial charge in [-0.3, -0.25) is 4.57 Å². The molecule has 5 heteroatoms. The zero-order valence-corrected chi connectivity index (χ0v) is 26.0. The van der Waals surface area contributed by atoms with Crippen LogP contribution in [0.4, 0.5) is 0 Å². The lowest BCUT2D eigenvalue weighted by molar-refractivity contribution is 0.660. The lowest BCUT2D eigenvalue weighted by Crippen LogP contribution is -2.14. The number of hydrogen-bond donors (Lipinski definition) is 0. The highest BCUT2D eigenvalue weighted by molar-refractivity contribution is 6.19. The average Bonchev–Trinajstić information content (AvgIpc) is 3.70. The van der Waals surface area contributed by atoms with Gasteiger partial charge in [0.2, 0.25) is 5.95 Å². The molecule has 0 amide bonds. The SMILES string of the molecule is CC1(C)c2ccccc2-c2cc(-c3ccc(-n4c5ccccc5c5cc6c7ccccc7n(-c7ncncn7)c6cc54)cc3)ccc21. The highest BCUT2D eigenvalue weighted by atomic mass is 15.2. The van der Waals surface area contributed by atoms with Crippen molar-refractivity contribution in [2.75, 3.05) is 0 Å². The zero-order chi connectivity index (χ0) is 31.3. The topological polar surface area (TPSA) is 48.5 Å². The first-order chi connectivity index (χ1) is 23.1. The van der Waals surface area contributed by atoms with E-state index in [9.17, 15) is 0 Å². The Hall–Kier alpha value is -6.07. The number of rotatable bonds is 3. The first-order valence-corrected chi connectivity index (χ1v) is 16.0. The van der Waals surface area contributed by atoms with E-state index in [-0.39, 0.29) is 5.41 Å². The predicted octanol–water partition coefficient (Wildman–Crippen LogP) is 10.0. The molecule has 0 saturated heterocycles. The molecule has 222 valence electrons. The van der Waals surface area contributed by atoms with Gasteiger partial charge in [0.15, 0.2) is 0 Å². The number of aromatic nitrogens is 5. The molecule has 0 saturated carbocycles. The second-order valence-corrected chi connectivity index (χ2v) is 13.0. The molecule has 3 aromatic heterocycles. The van der Waals surface area contributed by atoms with Gasteiger partial charge in [-0.15, -0.1) is 0 Å². The first kappa shape index (κ1) is 26.2. The molecule has 0 unspecified atom stereocenters. The van der Waals surface area contributed by atoms with Gasteiger partial charge in [-0.1, -0.05) is 98.8 Å². The van der Waals surface area contributed by atoms with Crippen LogP contribution in [0.15, 0.2) is 140 Å². The molecule has 0 atom stereocenters. The van der Waals surface area contributed by atoms with Crippen molar-refractivity contribution >= 4 is 43.6 Å². The molecule has 1 aliphatic carbocycles. The minimum absolute atomic E-state index is 0.00546. The van der Waals surface area contributed by atoms with E-state index in [1.165, 1.54) is 60.4 Å². The molecular formula is C42H29N5. The van der Waals surface area contributed by atoms with Crippen LogP contribution in [0.25, 0.3) is 77.5 Å². The van der Waals surface area contributed by atoms with E-state index in [4.69, 9.17) is 0 Å². The van der Waals surface area contributed by atoms with Crippen LogP contribution >= 0.6 is 0 Å². The second kappa shape index (κ2) is 9.47. The van der Waals surface area contributed by atoms with Gasteiger partial charge < -0.3 is 4.57 Å². The Balaban J connectivity index is 1.16. The van der Waals surface area contributed by atoms with Gasteiger partial charge in [0.1, 0.15) is 12.7 Å². The summed E-state index contributed by atoms with van der Waals surface area (Å²) < 4.78 is 4.52. The molecule has 0 N–H and O–H groups in total. The maximum atomic E-state index is 4.54. The number of hydrogen-bond acceptors (Lipinski definition) is 3. The van der Waals surface area contributed by atoms with E-state index in [0.717, 1.165) is 22.2 Å². The Morgan fingerprint density at radius 3 is 1.81 bits per heavy atom.